The van der Waals surface area contributed by atoms with E-state index >= 15 is 0 Å². The average molecular weight is 236 g/mol. The number of rotatable bonds is 7. The Bertz CT molecular complexity index is 303. The maximum Gasteiger partial charge on any atom is 0.118 e. The number of hydrogen-bond acceptors (Lipinski definition) is 2. The van der Waals surface area contributed by atoms with Gasteiger partial charge in [0, 0.05) is 0 Å². The molecule has 1 rings (SSSR count). The number of aliphatic hydroxyl groups excluding tert-OH is 1. The van der Waals surface area contributed by atoms with Crippen molar-refractivity contribution in [2.45, 2.75) is 45.6 Å². The smallest absolute Gasteiger partial charge is 0.118 e. The third kappa shape index (κ3) is 5.22. The number of aliphatic hydroxyl groups is 1. The molecule has 1 aromatic carbocycles. The first-order valence-electron chi connectivity index (χ1n) is 6.44. The van der Waals surface area contributed by atoms with Crippen LogP contribution in [0.2, 0.25) is 0 Å². The van der Waals surface area contributed by atoms with E-state index < -0.39 is 0 Å². The average Bonchev–Trinajstić information content (AvgIpc) is 2.35. The number of ether oxygens (including phenoxy) is 1. The van der Waals surface area contributed by atoms with Crippen LogP contribution in [-0.2, 0) is 6.42 Å². The first-order chi connectivity index (χ1) is 8.13. The SMILES string of the molecule is COc1ccc(CCCCC(O)C(C)C)cc1. The largest absolute Gasteiger partial charge is 0.497 e. The van der Waals surface area contributed by atoms with E-state index in [1.807, 2.05) is 12.1 Å². The Kier molecular flexibility index (Phi) is 6.06. The van der Waals surface area contributed by atoms with Gasteiger partial charge in [-0.3, -0.25) is 0 Å². The van der Waals surface area contributed by atoms with Crippen LogP contribution in [0.5, 0.6) is 5.75 Å². The van der Waals surface area contributed by atoms with Crippen molar-refractivity contribution in [3.63, 3.8) is 0 Å². The summed E-state index contributed by atoms with van der Waals surface area (Å²) < 4.78 is 5.12. The standard InChI is InChI=1S/C15H24O2/c1-12(2)15(16)7-5-4-6-13-8-10-14(17-3)11-9-13/h8-12,15-16H,4-7H2,1-3H3. The van der Waals surface area contributed by atoms with Gasteiger partial charge in [-0.1, -0.05) is 32.4 Å². The van der Waals surface area contributed by atoms with Gasteiger partial charge in [0.05, 0.1) is 13.2 Å². The molecule has 2 heteroatoms. The Morgan fingerprint density at radius 3 is 2.29 bits per heavy atom. The van der Waals surface area contributed by atoms with Crippen LogP contribution in [0.1, 0.15) is 38.7 Å². The van der Waals surface area contributed by atoms with Gasteiger partial charge in [0.25, 0.3) is 0 Å². The van der Waals surface area contributed by atoms with Crippen molar-refractivity contribution in [3.8, 4) is 5.75 Å². The van der Waals surface area contributed by atoms with Crippen molar-refractivity contribution in [2.24, 2.45) is 5.92 Å². The van der Waals surface area contributed by atoms with Crippen LogP contribution in [0.4, 0.5) is 0 Å². The van der Waals surface area contributed by atoms with Crippen LogP contribution in [0, 0.1) is 5.92 Å². The highest BCUT2D eigenvalue weighted by Gasteiger charge is 2.07. The molecule has 1 aromatic rings. The van der Waals surface area contributed by atoms with E-state index in [2.05, 4.69) is 26.0 Å². The molecule has 0 aliphatic carbocycles. The summed E-state index contributed by atoms with van der Waals surface area (Å²) in [5.74, 6) is 1.28. The third-order valence-electron chi connectivity index (χ3n) is 3.14. The van der Waals surface area contributed by atoms with E-state index in [4.69, 9.17) is 4.74 Å². The van der Waals surface area contributed by atoms with Gasteiger partial charge in [0.15, 0.2) is 0 Å². The highest BCUT2D eigenvalue weighted by atomic mass is 16.5. The second-order valence-corrected chi connectivity index (χ2v) is 4.91. The molecule has 17 heavy (non-hydrogen) atoms. The Morgan fingerprint density at radius 2 is 1.76 bits per heavy atom. The van der Waals surface area contributed by atoms with Crippen molar-refractivity contribution >= 4 is 0 Å². The van der Waals surface area contributed by atoms with Crippen molar-refractivity contribution in [2.75, 3.05) is 7.11 Å². The van der Waals surface area contributed by atoms with Gasteiger partial charge in [-0.2, -0.15) is 0 Å². The molecule has 1 N–H and O–H groups in total. The van der Waals surface area contributed by atoms with E-state index in [-0.39, 0.29) is 6.10 Å². The van der Waals surface area contributed by atoms with Gasteiger partial charge in [-0.05, 0) is 42.9 Å². The molecule has 0 fully saturated rings. The van der Waals surface area contributed by atoms with Crippen molar-refractivity contribution in [3.05, 3.63) is 29.8 Å². The van der Waals surface area contributed by atoms with Gasteiger partial charge in [0.2, 0.25) is 0 Å². The molecule has 0 amide bonds. The predicted octanol–water partition coefficient (Wildman–Crippen LogP) is 3.42. The predicted molar refractivity (Wildman–Crippen MR) is 71.4 cm³/mol. The fraction of sp³-hybridized carbons (Fsp3) is 0.600. The fourth-order valence-electron chi connectivity index (χ4n) is 1.81. The minimum absolute atomic E-state index is 0.147. The molecule has 0 bridgehead atoms. The van der Waals surface area contributed by atoms with E-state index in [0.717, 1.165) is 31.4 Å². The lowest BCUT2D eigenvalue weighted by atomic mass is 9.99. The molecule has 0 aliphatic heterocycles. The number of unbranched alkanes of at least 4 members (excludes halogenated alkanes) is 1. The minimum atomic E-state index is -0.147. The molecule has 96 valence electrons. The van der Waals surface area contributed by atoms with Gasteiger partial charge >= 0.3 is 0 Å². The summed E-state index contributed by atoms with van der Waals surface area (Å²) >= 11 is 0. The van der Waals surface area contributed by atoms with Crippen LogP contribution in [-0.4, -0.2) is 18.3 Å². The Hall–Kier alpha value is -1.02. The molecule has 0 aliphatic rings. The van der Waals surface area contributed by atoms with Gasteiger partial charge in [-0.25, -0.2) is 0 Å². The van der Waals surface area contributed by atoms with Gasteiger partial charge in [0.1, 0.15) is 5.75 Å². The molecule has 1 unspecified atom stereocenters. The summed E-state index contributed by atoms with van der Waals surface area (Å²) in [6.07, 6.45) is 4.07. The highest BCUT2D eigenvalue weighted by molar-refractivity contribution is 5.27. The first kappa shape index (κ1) is 14.0. The molecule has 0 aromatic heterocycles. The molecule has 0 heterocycles. The molecule has 0 saturated carbocycles. The van der Waals surface area contributed by atoms with E-state index in [1.54, 1.807) is 7.11 Å². The monoisotopic (exact) mass is 236 g/mol. The van der Waals surface area contributed by atoms with Gasteiger partial charge < -0.3 is 9.84 Å². The molecule has 0 radical (unpaired) electrons. The molecular formula is C15H24O2. The lowest BCUT2D eigenvalue weighted by Gasteiger charge is -2.13. The summed E-state index contributed by atoms with van der Waals surface area (Å²) in [4.78, 5) is 0. The summed E-state index contributed by atoms with van der Waals surface area (Å²) in [5.41, 5.74) is 1.34. The molecular weight excluding hydrogens is 212 g/mol. The maximum atomic E-state index is 9.68. The highest BCUT2D eigenvalue weighted by Crippen LogP contribution is 2.15. The number of hydrogen-bond donors (Lipinski definition) is 1. The van der Waals surface area contributed by atoms with Crippen molar-refractivity contribution in [1.29, 1.82) is 0 Å². The second-order valence-electron chi connectivity index (χ2n) is 4.91. The molecule has 1 atom stereocenters. The normalized spacial score (nSPS) is 12.8. The summed E-state index contributed by atoms with van der Waals surface area (Å²) in [5, 5.41) is 9.68. The Balaban J connectivity index is 2.22. The van der Waals surface area contributed by atoms with Crippen LogP contribution >= 0.6 is 0 Å². The zero-order valence-corrected chi connectivity index (χ0v) is 11.1. The zero-order chi connectivity index (χ0) is 12.7. The lowest BCUT2D eigenvalue weighted by molar-refractivity contribution is 0.113. The van der Waals surface area contributed by atoms with E-state index in [9.17, 15) is 5.11 Å². The van der Waals surface area contributed by atoms with Gasteiger partial charge in [-0.15, -0.1) is 0 Å². The first-order valence-corrected chi connectivity index (χ1v) is 6.44. The lowest BCUT2D eigenvalue weighted by Crippen LogP contribution is -2.14. The molecule has 0 spiro atoms. The van der Waals surface area contributed by atoms with E-state index in [0.29, 0.717) is 5.92 Å². The number of aryl methyl sites for hydroxylation is 1. The fourth-order valence-corrected chi connectivity index (χ4v) is 1.81. The topological polar surface area (TPSA) is 29.5 Å². The maximum absolute atomic E-state index is 9.68. The molecule has 2 nitrogen and oxygen atoms in total. The van der Waals surface area contributed by atoms with Crippen molar-refractivity contribution < 1.29 is 9.84 Å². The Labute approximate surface area is 105 Å². The minimum Gasteiger partial charge on any atom is -0.497 e. The van der Waals surface area contributed by atoms with E-state index in [1.165, 1.54) is 5.56 Å². The summed E-state index contributed by atoms with van der Waals surface area (Å²) in [7, 11) is 1.68. The number of methoxy groups -OCH3 is 1. The summed E-state index contributed by atoms with van der Waals surface area (Å²) in [6.45, 7) is 4.13. The van der Waals surface area contributed by atoms with Crippen LogP contribution in [0.15, 0.2) is 24.3 Å². The quantitative estimate of drug-likeness (QED) is 0.735. The van der Waals surface area contributed by atoms with Crippen LogP contribution < -0.4 is 4.74 Å². The van der Waals surface area contributed by atoms with Crippen LogP contribution in [0.3, 0.4) is 0 Å². The number of benzene rings is 1. The summed E-state index contributed by atoms with van der Waals surface area (Å²) in [6, 6.07) is 8.21. The van der Waals surface area contributed by atoms with Crippen molar-refractivity contribution in [1.82, 2.24) is 0 Å². The Morgan fingerprint density at radius 1 is 1.12 bits per heavy atom. The van der Waals surface area contributed by atoms with Crippen LogP contribution in [0.25, 0.3) is 0 Å². The second kappa shape index (κ2) is 7.33. The zero-order valence-electron chi connectivity index (χ0n) is 11.1. The molecule has 0 saturated heterocycles. The third-order valence-corrected chi connectivity index (χ3v) is 3.14.